The number of morpholine rings is 1. The Labute approximate surface area is 207 Å². The van der Waals surface area contributed by atoms with Crippen molar-refractivity contribution in [2.75, 3.05) is 39.9 Å². The predicted molar refractivity (Wildman–Crippen MR) is 139 cm³/mol. The molecule has 7 heteroatoms. The van der Waals surface area contributed by atoms with Gasteiger partial charge in [-0.2, -0.15) is 0 Å². The number of guanidine groups is 1. The Morgan fingerprint density at radius 1 is 1.03 bits per heavy atom. The molecule has 2 aromatic carbocycles. The monoisotopic (exact) mass is 554 g/mol. The van der Waals surface area contributed by atoms with Crippen LogP contribution in [0.15, 0.2) is 53.5 Å². The molecule has 4 rings (SSSR count). The molecular formula is C24H32ClIN4O. The van der Waals surface area contributed by atoms with Gasteiger partial charge < -0.3 is 15.4 Å². The molecule has 1 saturated heterocycles. The molecule has 1 saturated carbocycles. The largest absolute Gasteiger partial charge is 0.379 e. The van der Waals surface area contributed by atoms with E-state index in [4.69, 9.17) is 16.3 Å². The van der Waals surface area contributed by atoms with Gasteiger partial charge in [0.25, 0.3) is 0 Å². The Morgan fingerprint density at radius 3 is 2.35 bits per heavy atom. The lowest BCUT2D eigenvalue weighted by Gasteiger charge is -2.27. The molecule has 2 aromatic rings. The summed E-state index contributed by atoms with van der Waals surface area (Å²) in [4.78, 5) is 6.89. The van der Waals surface area contributed by atoms with Crippen LogP contribution >= 0.6 is 35.6 Å². The summed E-state index contributed by atoms with van der Waals surface area (Å²) in [6.45, 7) is 6.25. The first kappa shape index (κ1) is 24.3. The first-order valence-corrected chi connectivity index (χ1v) is 11.1. The van der Waals surface area contributed by atoms with E-state index in [1.165, 1.54) is 29.5 Å². The van der Waals surface area contributed by atoms with Crippen molar-refractivity contribution >= 4 is 41.5 Å². The average molecular weight is 555 g/mol. The Hall–Kier alpha value is -1.35. The normalized spacial score (nSPS) is 18.2. The van der Waals surface area contributed by atoms with Gasteiger partial charge in [-0.15, -0.1) is 24.0 Å². The minimum absolute atomic E-state index is 0. The molecule has 0 atom stereocenters. The molecule has 0 amide bonds. The van der Waals surface area contributed by atoms with Crippen molar-refractivity contribution in [1.29, 1.82) is 0 Å². The average Bonchev–Trinajstić information content (AvgIpc) is 3.57. The molecule has 0 unspecified atom stereocenters. The highest BCUT2D eigenvalue weighted by molar-refractivity contribution is 14.0. The van der Waals surface area contributed by atoms with Crippen molar-refractivity contribution in [1.82, 2.24) is 15.5 Å². The van der Waals surface area contributed by atoms with Crippen LogP contribution in [0, 0.1) is 0 Å². The van der Waals surface area contributed by atoms with Crippen LogP contribution in [0.1, 0.15) is 29.5 Å². The molecule has 0 bridgehead atoms. The summed E-state index contributed by atoms with van der Waals surface area (Å²) in [5.41, 5.74) is 4.23. The maximum absolute atomic E-state index is 6.05. The van der Waals surface area contributed by atoms with Gasteiger partial charge in [-0.3, -0.25) is 9.89 Å². The molecule has 1 aliphatic heterocycles. The highest BCUT2D eigenvalue weighted by atomic mass is 127. The number of hydrogen-bond donors (Lipinski definition) is 2. The van der Waals surface area contributed by atoms with Gasteiger partial charge in [-0.1, -0.05) is 48.0 Å². The van der Waals surface area contributed by atoms with Crippen LogP contribution in [0.25, 0.3) is 0 Å². The third-order valence-electron chi connectivity index (χ3n) is 6.19. The lowest BCUT2D eigenvalue weighted by atomic mass is 9.96. The Balaban J connectivity index is 0.00000272. The van der Waals surface area contributed by atoms with Crippen LogP contribution in [0.4, 0.5) is 0 Å². The molecule has 2 N–H and O–H groups in total. The van der Waals surface area contributed by atoms with E-state index in [1.54, 1.807) is 0 Å². The molecule has 2 fully saturated rings. The SMILES string of the molecule is CN=C(NCc1ccccc1CN1CCOCC1)NCC1(c2ccc(Cl)cc2)CC1.I. The second-order valence-corrected chi connectivity index (χ2v) is 8.66. The van der Waals surface area contributed by atoms with Crippen molar-refractivity contribution in [3.05, 3.63) is 70.2 Å². The number of halogens is 2. The maximum Gasteiger partial charge on any atom is 0.191 e. The van der Waals surface area contributed by atoms with E-state index in [-0.39, 0.29) is 29.4 Å². The highest BCUT2D eigenvalue weighted by Crippen LogP contribution is 2.47. The Kier molecular flexibility index (Phi) is 9.01. The molecule has 5 nitrogen and oxygen atoms in total. The number of nitrogens with zero attached hydrogens (tertiary/aromatic N) is 2. The van der Waals surface area contributed by atoms with Gasteiger partial charge in [0.15, 0.2) is 5.96 Å². The summed E-state index contributed by atoms with van der Waals surface area (Å²) >= 11 is 6.05. The second kappa shape index (κ2) is 11.5. The van der Waals surface area contributed by atoms with Crippen LogP contribution < -0.4 is 10.6 Å². The van der Waals surface area contributed by atoms with Crippen molar-refractivity contribution in [3.8, 4) is 0 Å². The third-order valence-corrected chi connectivity index (χ3v) is 6.44. The number of nitrogens with one attached hydrogen (secondary N) is 2. The summed E-state index contributed by atoms with van der Waals surface area (Å²) < 4.78 is 5.47. The van der Waals surface area contributed by atoms with Gasteiger partial charge in [-0.05, 0) is 41.7 Å². The minimum atomic E-state index is 0. The van der Waals surface area contributed by atoms with E-state index >= 15 is 0 Å². The van der Waals surface area contributed by atoms with Gasteiger partial charge in [0.2, 0.25) is 0 Å². The van der Waals surface area contributed by atoms with Gasteiger partial charge in [0.05, 0.1) is 13.2 Å². The minimum Gasteiger partial charge on any atom is -0.379 e. The van der Waals surface area contributed by atoms with Crippen molar-refractivity contribution < 1.29 is 4.74 Å². The van der Waals surface area contributed by atoms with Crippen LogP contribution in [-0.2, 0) is 23.2 Å². The van der Waals surface area contributed by atoms with Gasteiger partial charge >= 0.3 is 0 Å². The fraction of sp³-hybridized carbons (Fsp3) is 0.458. The molecule has 31 heavy (non-hydrogen) atoms. The van der Waals surface area contributed by atoms with E-state index < -0.39 is 0 Å². The molecule has 0 spiro atoms. The van der Waals surface area contributed by atoms with Crippen LogP contribution in [0.3, 0.4) is 0 Å². The van der Waals surface area contributed by atoms with Gasteiger partial charge in [0.1, 0.15) is 0 Å². The number of aliphatic imine (C=N–C) groups is 1. The Morgan fingerprint density at radius 2 is 1.71 bits per heavy atom. The first-order chi connectivity index (χ1) is 14.7. The summed E-state index contributed by atoms with van der Waals surface area (Å²) in [5.74, 6) is 0.844. The summed E-state index contributed by atoms with van der Waals surface area (Å²) in [5, 5.41) is 7.82. The lowest BCUT2D eigenvalue weighted by molar-refractivity contribution is 0.0341. The summed E-state index contributed by atoms with van der Waals surface area (Å²) in [7, 11) is 1.83. The Bertz CT molecular complexity index is 864. The maximum atomic E-state index is 6.05. The molecule has 2 aliphatic rings. The van der Waals surface area contributed by atoms with Gasteiger partial charge in [-0.25, -0.2) is 0 Å². The van der Waals surface area contributed by atoms with Crippen molar-refractivity contribution in [2.24, 2.45) is 4.99 Å². The fourth-order valence-corrected chi connectivity index (χ4v) is 4.18. The quantitative estimate of drug-likeness (QED) is 0.306. The van der Waals surface area contributed by atoms with Crippen LogP contribution in [-0.4, -0.2) is 50.8 Å². The zero-order valence-corrected chi connectivity index (χ0v) is 21.2. The zero-order chi connectivity index (χ0) is 20.8. The third kappa shape index (κ3) is 6.57. The van der Waals surface area contributed by atoms with Crippen LogP contribution in [0.5, 0.6) is 0 Å². The standard InChI is InChI=1S/C24H31ClN4O.HI/c1-26-23(28-18-24(10-11-24)21-6-8-22(25)9-7-21)27-16-19-4-2-3-5-20(19)17-29-12-14-30-15-13-29;/h2-9H,10-18H2,1H3,(H2,26,27,28);1H. The number of ether oxygens (including phenoxy) is 1. The van der Waals surface area contributed by atoms with E-state index in [2.05, 4.69) is 56.9 Å². The van der Waals surface area contributed by atoms with E-state index in [1.807, 2.05) is 19.2 Å². The zero-order valence-electron chi connectivity index (χ0n) is 18.1. The van der Waals surface area contributed by atoms with Crippen molar-refractivity contribution in [3.63, 3.8) is 0 Å². The molecule has 1 aliphatic carbocycles. The van der Waals surface area contributed by atoms with E-state index in [9.17, 15) is 0 Å². The molecular weight excluding hydrogens is 523 g/mol. The fourth-order valence-electron chi connectivity index (χ4n) is 4.06. The lowest BCUT2D eigenvalue weighted by Crippen LogP contribution is -2.41. The van der Waals surface area contributed by atoms with E-state index in [0.717, 1.165) is 56.9 Å². The van der Waals surface area contributed by atoms with Gasteiger partial charge in [0, 0.05) is 50.2 Å². The number of rotatable bonds is 7. The smallest absolute Gasteiger partial charge is 0.191 e. The molecule has 0 radical (unpaired) electrons. The van der Waals surface area contributed by atoms with Crippen molar-refractivity contribution in [2.45, 2.75) is 31.3 Å². The molecule has 0 aromatic heterocycles. The summed E-state index contributed by atoms with van der Waals surface area (Å²) in [6, 6.07) is 16.9. The first-order valence-electron chi connectivity index (χ1n) is 10.8. The predicted octanol–water partition coefficient (Wildman–Crippen LogP) is 4.19. The van der Waals surface area contributed by atoms with Crippen LogP contribution in [0.2, 0.25) is 5.02 Å². The second-order valence-electron chi connectivity index (χ2n) is 8.22. The molecule has 168 valence electrons. The highest BCUT2D eigenvalue weighted by Gasteiger charge is 2.44. The number of hydrogen-bond acceptors (Lipinski definition) is 3. The van der Waals surface area contributed by atoms with E-state index in [0.29, 0.717) is 0 Å². The number of benzene rings is 2. The molecule has 1 heterocycles. The topological polar surface area (TPSA) is 48.9 Å². The summed E-state index contributed by atoms with van der Waals surface area (Å²) in [6.07, 6.45) is 2.39.